The van der Waals surface area contributed by atoms with E-state index in [0.717, 1.165) is 29.8 Å². The molecule has 23 heavy (non-hydrogen) atoms. The second-order valence-corrected chi connectivity index (χ2v) is 5.34. The van der Waals surface area contributed by atoms with Gasteiger partial charge in [-0.2, -0.15) is 13.2 Å². The minimum Gasteiger partial charge on any atom is -0.395 e. The molecule has 1 aliphatic rings. The summed E-state index contributed by atoms with van der Waals surface area (Å²) in [5, 5.41) is 9.23. The van der Waals surface area contributed by atoms with E-state index in [1.54, 1.807) is 7.11 Å². The second-order valence-electron chi connectivity index (χ2n) is 5.34. The first-order valence-corrected chi connectivity index (χ1v) is 7.37. The van der Waals surface area contributed by atoms with Crippen LogP contribution in [0.3, 0.4) is 0 Å². The number of methoxy groups -OCH3 is 1. The molecular formula is C17H20F3NO2. The first-order valence-electron chi connectivity index (χ1n) is 7.37. The molecule has 1 N–H and O–H groups in total. The summed E-state index contributed by atoms with van der Waals surface area (Å²) < 4.78 is 43.0. The molecule has 0 bridgehead atoms. The fourth-order valence-electron chi connectivity index (χ4n) is 2.44. The summed E-state index contributed by atoms with van der Waals surface area (Å²) in [7, 11) is 1.64. The molecular weight excluding hydrogens is 307 g/mol. The number of aliphatic hydroxyl groups excluding tert-OH is 1. The van der Waals surface area contributed by atoms with E-state index in [-0.39, 0.29) is 12.7 Å². The second kappa shape index (κ2) is 7.66. The fraction of sp³-hybridized carbons (Fsp3) is 0.412. The van der Waals surface area contributed by atoms with Crippen molar-refractivity contribution in [3.8, 4) is 0 Å². The maximum atomic E-state index is 12.6. The molecule has 1 aromatic rings. The van der Waals surface area contributed by atoms with Crippen LogP contribution in [0.1, 0.15) is 17.5 Å². The summed E-state index contributed by atoms with van der Waals surface area (Å²) in [6, 6.07) is 5.10. The highest BCUT2D eigenvalue weighted by molar-refractivity contribution is 5.28. The lowest BCUT2D eigenvalue weighted by Crippen LogP contribution is -2.27. The van der Waals surface area contributed by atoms with Gasteiger partial charge in [-0.25, -0.2) is 0 Å². The van der Waals surface area contributed by atoms with Gasteiger partial charge < -0.3 is 14.7 Å². The average molecular weight is 327 g/mol. The molecule has 0 aromatic heterocycles. The Balaban J connectivity index is 2.08. The quantitative estimate of drug-likeness (QED) is 0.870. The smallest absolute Gasteiger partial charge is 0.395 e. The van der Waals surface area contributed by atoms with Crippen LogP contribution in [-0.2, 0) is 17.5 Å². The lowest BCUT2D eigenvalue weighted by Gasteiger charge is -2.28. The Morgan fingerprint density at radius 1 is 1.26 bits per heavy atom. The Morgan fingerprint density at radius 2 is 1.96 bits per heavy atom. The highest BCUT2D eigenvalue weighted by Gasteiger charge is 2.30. The topological polar surface area (TPSA) is 32.7 Å². The monoisotopic (exact) mass is 327 g/mol. The van der Waals surface area contributed by atoms with Gasteiger partial charge in [0.2, 0.25) is 0 Å². The number of alkyl halides is 3. The van der Waals surface area contributed by atoms with E-state index in [9.17, 15) is 18.3 Å². The van der Waals surface area contributed by atoms with E-state index in [0.29, 0.717) is 13.1 Å². The summed E-state index contributed by atoms with van der Waals surface area (Å²) in [4.78, 5) is 1.94. The zero-order valence-electron chi connectivity index (χ0n) is 12.9. The van der Waals surface area contributed by atoms with Crippen LogP contribution in [0.15, 0.2) is 48.2 Å². The highest BCUT2D eigenvalue weighted by Crippen LogP contribution is 2.29. The molecule has 0 amide bonds. The lowest BCUT2D eigenvalue weighted by molar-refractivity contribution is -0.137. The molecule has 1 aliphatic carbocycles. The molecule has 1 unspecified atom stereocenters. The molecule has 0 fully saturated rings. The number of aliphatic hydroxyl groups is 1. The van der Waals surface area contributed by atoms with Gasteiger partial charge in [0.05, 0.1) is 18.3 Å². The van der Waals surface area contributed by atoms with Crippen LogP contribution in [0.25, 0.3) is 0 Å². The summed E-state index contributed by atoms with van der Waals surface area (Å²) >= 11 is 0. The van der Waals surface area contributed by atoms with Crippen LogP contribution in [0.4, 0.5) is 13.2 Å². The summed E-state index contributed by atoms with van der Waals surface area (Å²) in [5.41, 5.74) is 1.04. The molecule has 1 aromatic carbocycles. The lowest BCUT2D eigenvalue weighted by atomic mass is 10.1. The van der Waals surface area contributed by atoms with Crippen molar-refractivity contribution in [3.63, 3.8) is 0 Å². The van der Waals surface area contributed by atoms with E-state index in [2.05, 4.69) is 0 Å². The average Bonchev–Trinajstić information content (AvgIpc) is 2.54. The predicted molar refractivity (Wildman–Crippen MR) is 81.6 cm³/mol. The summed E-state index contributed by atoms with van der Waals surface area (Å²) in [6.45, 7) is 0.820. The third-order valence-electron chi connectivity index (χ3n) is 3.73. The first kappa shape index (κ1) is 17.6. The number of hydrogen-bond donors (Lipinski definition) is 1. The van der Waals surface area contributed by atoms with Gasteiger partial charge in [0, 0.05) is 25.9 Å². The third-order valence-corrected chi connectivity index (χ3v) is 3.73. The van der Waals surface area contributed by atoms with Crippen LogP contribution < -0.4 is 0 Å². The van der Waals surface area contributed by atoms with Gasteiger partial charge in [0.15, 0.2) is 0 Å². The van der Waals surface area contributed by atoms with E-state index in [1.807, 2.05) is 23.1 Å². The van der Waals surface area contributed by atoms with Crippen molar-refractivity contribution in [1.82, 2.24) is 4.90 Å². The van der Waals surface area contributed by atoms with Crippen LogP contribution in [0.2, 0.25) is 0 Å². The van der Waals surface area contributed by atoms with Gasteiger partial charge in [-0.3, -0.25) is 0 Å². The van der Waals surface area contributed by atoms with Crippen LogP contribution in [-0.4, -0.2) is 36.4 Å². The first-order chi connectivity index (χ1) is 10.9. The van der Waals surface area contributed by atoms with E-state index < -0.39 is 11.7 Å². The Bertz CT molecular complexity index is 564. The largest absolute Gasteiger partial charge is 0.416 e. The van der Waals surface area contributed by atoms with Crippen LogP contribution in [0.5, 0.6) is 0 Å². The van der Waals surface area contributed by atoms with Gasteiger partial charge in [0.1, 0.15) is 0 Å². The minimum absolute atomic E-state index is 0.0283. The van der Waals surface area contributed by atoms with Gasteiger partial charge in [-0.05, 0) is 30.2 Å². The summed E-state index contributed by atoms with van der Waals surface area (Å²) in [5.74, 6) is 0. The maximum absolute atomic E-state index is 12.6. The molecule has 6 heteroatoms. The molecule has 0 radical (unpaired) electrons. The van der Waals surface area contributed by atoms with Gasteiger partial charge in [-0.15, -0.1) is 0 Å². The standard InChI is InChI=1S/C17H20F3NO2/c1-23-16-8-6-15(7-9-16)21(10-11-22)12-13-2-4-14(5-3-13)17(18,19)20/h2-8,16,22H,9-12H2,1H3. The van der Waals surface area contributed by atoms with Crippen LogP contribution >= 0.6 is 0 Å². The molecule has 0 saturated heterocycles. The molecule has 0 aliphatic heterocycles. The molecule has 0 heterocycles. The van der Waals surface area contributed by atoms with Crippen molar-refractivity contribution in [3.05, 3.63) is 59.3 Å². The van der Waals surface area contributed by atoms with Crippen molar-refractivity contribution in [1.29, 1.82) is 0 Å². The predicted octanol–water partition coefficient (Wildman–Crippen LogP) is 3.36. The van der Waals surface area contributed by atoms with E-state index in [1.165, 1.54) is 12.1 Å². The zero-order chi connectivity index (χ0) is 16.9. The fourth-order valence-corrected chi connectivity index (χ4v) is 2.44. The normalized spacial score (nSPS) is 18.0. The van der Waals surface area contributed by atoms with E-state index in [4.69, 9.17) is 4.74 Å². The van der Waals surface area contributed by atoms with Crippen molar-refractivity contribution in [2.45, 2.75) is 25.2 Å². The Hall–Kier alpha value is -1.79. The van der Waals surface area contributed by atoms with Crippen LogP contribution in [0, 0.1) is 0 Å². The maximum Gasteiger partial charge on any atom is 0.416 e. The number of allylic oxidation sites excluding steroid dienone is 1. The van der Waals surface area contributed by atoms with Crippen molar-refractivity contribution < 1.29 is 23.0 Å². The van der Waals surface area contributed by atoms with Gasteiger partial charge >= 0.3 is 6.18 Å². The molecule has 1 atom stereocenters. The van der Waals surface area contributed by atoms with Crippen molar-refractivity contribution in [2.75, 3.05) is 20.3 Å². The molecule has 2 rings (SSSR count). The number of nitrogens with zero attached hydrogens (tertiary/aromatic N) is 1. The highest BCUT2D eigenvalue weighted by atomic mass is 19.4. The number of rotatable bonds is 6. The van der Waals surface area contributed by atoms with Gasteiger partial charge in [0.25, 0.3) is 0 Å². The Labute approximate surface area is 133 Å². The molecule has 0 spiro atoms. The minimum atomic E-state index is -4.33. The van der Waals surface area contributed by atoms with Crippen molar-refractivity contribution in [2.24, 2.45) is 0 Å². The van der Waals surface area contributed by atoms with E-state index >= 15 is 0 Å². The zero-order valence-corrected chi connectivity index (χ0v) is 12.9. The number of ether oxygens (including phenoxy) is 1. The third kappa shape index (κ3) is 4.84. The van der Waals surface area contributed by atoms with Gasteiger partial charge in [-0.1, -0.05) is 24.3 Å². The SMILES string of the molecule is COC1C=CC(N(CCO)Cc2ccc(C(F)(F)F)cc2)=CC1. The number of hydrogen-bond acceptors (Lipinski definition) is 3. The number of halogens is 3. The molecule has 126 valence electrons. The number of benzene rings is 1. The Kier molecular flexibility index (Phi) is 5.85. The Morgan fingerprint density at radius 3 is 2.43 bits per heavy atom. The molecule has 3 nitrogen and oxygen atoms in total. The van der Waals surface area contributed by atoms with Crippen molar-refractivity contribution >= 4 is 0 Å². The summed E-state index contributed by atoms with van der Waals surface area (Å²) in [6.07, 6.45) is 2.31. The molecule has 0 saturated carbocycles.